The first kappa shape index (κ1) is 12.9. The Kier molecular flexibility index (Phi) is 3.59. The lowest BCUT2D eigenvalue weighted by Crippen LogP contribution is -2.42. The molecule has 1 aliphatic heterocycles. The van der Waals surface area contributed by atoms with Gasteiger partial charge in [0.25, 0.3) is 5.91 Å². The Labute approximate surface area is 103 Å². The van der Waals surface area contributed by atoms with E-state index in [1.54, 1.807) is 4.90 Å². The van der Waals surface area contributed by atoms with Crippen LogP contribution in [0.25, 0.3) is 0 Å². The average Bonchev–Trinajstić information content (AvgIpc) is 2.35. The number of carbonyl (C=O) groups excluding carboxylic acids is 1. The lowest BCUT2D eigenvalue weighted by atomic mass is 10.0. The van der Waals surface area contributed by atoms with E-state index < -0.39 is 23.4 Å². The summed E-state index contributed by atoms with van der Waals surface area (Å²) in [7, 11) is 0. The van der Waals surface area contributed by atoms with E-state index >= 15 is 0 Å². The van der Waals surface area contributed by atoms with Gasteiger partial charge in [-0.05, 0) is 38.3 Å². The van der Waals surface area contributed by atoms with Crippen molar-refractivity contribution in [3.8, 4) is 0 Å². The molecular formula is C13H14F3NO. The summed E-state index contributed by atoms with van der Waals surface area (Å²) in [4.78, 5) is 13.7. The molecule has 2 nitrogen and oxygen atoms in total. The van der Waals surface area contributed by atoms with Crippen LogP contribution in [0.3, 0.4) is 0 Å². The second-order valence-electron chi connectivity index (χ2n) is 4.60. The van der Waals surface area contributed by atoms with Crippen molar-refractivity contribution in [2.45, 2.75) is 32.2 Å². The van der Waals surface area contributed by atoms with Crippen LogP contribution in [0.1, 0.15) is 36.5 Å². The molecule has 1 fully saturated rings. The van der Waals surface area contributed by atoms with Gasteiger partial charge in [-0.3, -0.25) is 4.79 Å². The molecule has 0 aliphatic carbocycles. The van der Waals surface area contributed by atoms with Crippen LogP contribution in [-0.2, 0) is 0 Å². The molecule has 0 saturated carbocycles. The standard InChI is InChI=1S/C13H14F3NO/c1-8-4-2-3-5-17(8)13(18)9-6-10(14)12(16)11(15)7-9/h6-8H,2-5H2,1H3. The van der Waals surface area contributed by atoms with Crippen LogP contribution in [-0.4, -0.2) is 23.4 Å². The maximum atomic E-state index is 13.1. The maximum Gasteiger partial charge on any atom is 0.254 e. The van der Waals surface area contributed by atoms with Crippen LogP contribution in [0.4, 0.5) is 13.2 Å². The summed E-state index contributed by atoms with van der Waals surface area (Å²) in [6, 6.07) is 1.55. The van der Waals surface area contributed by atoms with Crippen LogP contribution in [0, 0.1) is 17.5 Å². The van der Waals surface area contributed by atoms with E-state index in [9.17, 15) is 18.0 Å². The molecule has 1 unspecified atom stereocenters. The van der Waals surface area contributed by atoms with Crippen LogP contribution < -0.4 is 0 Å². The lowest BCUT2D eigenvalue weighted by Gasteiger charge is -2.33. The fraction of sp³-hybridized carbons (Fsp3) is 0.462. The molecule has 1 saturated heterocycles. The number of rotatable bonds is 1. The van der Waals surface area contributed by atoms with Gasteiger partial charge in [-0.2, -0.15) is 0 Å². The minimum atomic E-state index is -1.54. The molecule has 0 spiro atoms. The number of amides is 1. The van der Waals surface area contributed by atoms with Crippen LogP contribution in [0.2, 0.25) is 0 Å². The summed E-state index contributed by atoms with van der Waals surface area (Å²) in [5.41, 5.74) is -0.139. The summed E-state index contributed by atoms with van der Waals surface area (Å²) in [5, 5.41) is 0. The number of hydrogen-bond donors (Lipinski definition) is 0. The van der Waals surface area contributed by atoms with E-state index in [4.69, 9.17) is 0 Å². The Hall–Kier alpha value is -1.52. The van der Waals surface area contributed by atoms with Crippen molar-refractivity contribution >= 4 is 5.91 Å². The monoisotopic (exact) mass is 257 g/mol. The van der Waals surface area contributed by atoms with E-state index in [-0.39, 0.29) is 11.6 Å². The zero-order valence-corrected chi connectivity index (χ0v) is 10.0. The van der Waals surface area contributed by atoms with Gasteiger partial charge < -0.3 is 4.90 Å². The number of carbonyl (C=O) groups is 1. The maximum absolute atomic E-state index is 13.1. The summed E-state index contributed by atoms with van der Waals surface area (Å²) >= 11 is 0. The lowest BCUT2D eigenvalue weighted by molar-refractivity contribution is 0.0634. The van der Waals surface area contributed by atoms with Gasteiger partial charge in [0.2, 0.25) is 0 Å². The van der Waals surface area contributed by atoms with E-state index in [2.05, 4.69) is 0 Å². The highest BCUT2D eigenvalue weighted by atomic mass is 19.2. The zero-order valence-electron chi connectivity index (χ0n) is 10.0. The van der Waals surface area contributed by atoms with Gasteiger partial charge in [-0.1, -0.05) is 0 Å². The van der Waals surface area contributed by atoms with Crippen molar-refractivity contribution in [1.29, 1.82) is 0 Å². The molecule has 18 heavy (non-hydrogen) atoms. The quantitative estimate of drug-likeness (QED) is 0.708. The molecule has 0 N–H and O–H groups in total. The third-order valence-corrected chi connectivity index (χ3v) is 3.29. The van der Waals surface area contributed by atoms with Gasteiger partial charge in [0, 0.05) is 18.2 Å². The summed E-state index contributed by atoms with van der Waals surface area (Å²) in [6.45, 7) is 2.47. The van der Waals surface area contributed by atoms with Gasteiger partial charge in [-0.15, -0.1) is 0 Å². The first-order valence-corrected chi connectivity index (χ1v) is 5.96. The molecule has 1 amide bonds. The highest BCUT2D eigenvalue weighted by Gasteiger charge is 2.25. The number of piperidine rings is 1. The Bertz CT molecular complexity index is 452. The predicted octanol–water partition coefficient (Wildman–Crippen LogP) is 3.12. The zero-order chi connectivity index (χ0) is 13.3. The number of halogens is 3. The summed E-state index contributed by atoms with van der Waals surface area (Å²) in [6.07, 6.45) is 2.79. The normalized spacial score (nSPS) is 20.0. The van der Waals surface area contributed by atoms with E-state index in [0.717, 1.165) is 31.4 Å². The fourth-order valence-electron chi connectivity index (χ4n) is 2.24. The molecule has 1 atom stereocenters. The van der Waals surface area contributed by atoms with Crippen LogP contribution >= 0.6 is 0 Å². The summed E-state index contributed by atoms with van der Waals surface area (Å²) < 4.78 is 39.0. The summed E-state index contributed by atoms with van der Waals surface area (Å²) in [5.74, 6) is -4.65. The predicted molar refractivity (Wildman–Crippen MR) is 60.7 cm³/mol. The Balaban J connectivity index is 2.28. The van der Waals surface area contributed by atoms with Crippen molar-refractivity contribution in [3.63, 3.8) is 0 Å². The largest absolute Gasteiger partial charge is 0.336 e. The Morgan fingerprint density at radius 3 is 2.39 bits per heavy atom. The molecule has 98 valence electrons. The van der Waals surface area contributed by atoms with Gasteiger partial charge in [0.15, 0.2) is 17.5 Å². The van der Waals surface area contributed by atoms with Crippen molar-refractivity contribution in [2.75, 3.05) is 6.54 Å². The molecule has 0 bridgehead atoms. The number of benzene rings is 1. The molecule has 0 aromatic heterocycles. The van der Waals surface area contributed by atoms with Crippen molar-refractivity contribution in [1.82, 2.24) is 4.90 Å². The highest BCUT2D eigenvalue weighted by molar-refractivity contribution is 5.94. The molecule has 1 aliphatic rings. The SMILES string of the molecule is CC1CCCCN1C(=O)c1cc(F)c(F)c(F)c1. The Morgan fingerprint density at radius 2 is 1.83 bits per heavy atom. The van der Waals surface area contributed by atoms with Gasteiger partial charge in [0.05, 0.1) is 0 Å². The third kappa shape index (κ3) is 2.35. The van der Waals surface area contributed by atoms with Crippen molar-refractivity contribution in [2.24, 2.45) is 0 Å². The molecule has 1 aromatic carbocycles. The van der Waals surface area contributed by atoms with Crippen LogP contribution in [0.15, 0.2) is 12.1 Å². The first-order valence-electron chi connectivity index (χ1n) is 5.96. The third-order valence-electron chi connectivity index (χ3n) is 3.29. The average molecular weight is 257 g/mol. The van der Waals surface area contributed by atoms with Crippen molar-refractivity contribution in [3.05, 3.63) is 35.1 Å². The van der Waals surface area contributed by atoms with Gasteiger partial charge in [-0.25, -0.2) is 13.2 Å². The minimum Gasteiger partial charge on any atom is -0.336 e. The molecule has 5 heteroatoms. The first-order chi connectivity index (χ1) is 8.50. The molecule has 1 heterocycles. The smallest absolute Gasteiger partial charge is 0.254 e. The molecule has 2 rings (SSSR count). The molecule has 0 radical (unpaired) electrons. The second kappa shape index (κ2) is 5.00. The molecule has 1 aromatic rings. The second-order valence-corrected chi connectivity index (χ2v) is 4.60. The van der Waals surface area contributed by atoms with E-state index in [0.29, 0.717) is 6.54 Å². The van der Waals surface area contributed by atoms with Crippen LogP contribution in [0.5, 0.6) is 0 Å². The van der Waals surface area contributed by atoms with Gasteiger partial charge in [0.1, 0.15) is 0 Å². The fourth-order valence-corrected chi connectivity index (χ4v) is 2.24. The number of likely N-dealkylation sites (tertiary alicyclic amines) is 1. The topological polar surface area (TPSA) is 20.3 Å². The Morgan fingerprint density at radius 1 is 1.22 bits per heavy atom. The number of hydrogen-bond acceptors (Lipinski definition) is 1. The van der Waals surface area contributed by atoms with E-state index in [1.165, 1.54) is 0 Å². The van der Waals surface area contributed by atoms with E-state index in [1.807, 2.05) is 6.92 Å². The number of nitrogens with zero attached hydrogens (tertiary/aromatic N) is 1. The highest BCUT2D eigenvalue weighted by Crippen LogP contribution is 2.21. The molecular weight excluding hydrogens is 243 g/mol. The van der Waals surface area contributed by atoms with Crippen molar-refractivity contribution < 1.29 is 18.0 Å². The minimum absolute atomic E-state index is 0.0439. The van der Waals surface area contributed by atoms with Gasteiger partial charge >= 0.3 is 0 Å².